The summed E-state index contributed by atoms with van der Waals surface area (Å²) in [5.74, 6) is -0.344. The van der Waals surface area contributed by atoms with Gasteiger partial charge in [-0.2, -0.15) is 0 Å². The van der Waals surface area contributed by atoms with Crippen LogP contribution in [0.5, 0.6) is 0 Å². The molecule has 0 aliphatic rings. The number of carbonyl (C=O) groups is 2. The first-order valence-electron chi connectivity index (χ1n) is 9.44. The molecule has 0 aromatic heterocycles. The van der Waals surface area contributed by atoms with E-state index in [1.807, 2.05) is 37.3 Å². The Balaban J connectivity index is 1.60. The Morgan fingerprint density at radius 2 is 1.60 bits per heavy atom. The SMILES string of the molecule is CCN(C(=O)c1ccc(NC(=O)CNc2cccc(Cl)c2Cl)cc1)c1ccccc1. The second-order valence-corrected chi connectivity index (χ2v) is 7.25. The van der Waals surface area contributed by atoms with Crippen molar-refractivity contribution >= 4 is 52.1 Å². The largest absolute Gasteiger partial charge is 0.375 e. The second-order valence-electron chi connectivity index (χ2n) is 6.47. The van der Waals surface area contributed by atoms with Gasteiger partial charge in [-0.05, 0) is 55.5 Å². The first-order valence-corrected chi connectivity index (χ1v) is 10.2. The molecule has 7 heteroatoms. The molecular weight excluding hydrogens is 421 g/mol. The Labute approximate surface area is 185 Å². The van der Waals surface area contributed by atoms with Gasteiger partial charge >= 0.3 is 0 Å². The van der Waals surface area contributed by atoms with E-state index in [0.29, 0.717) is 33.5 Å². The Kier molecular flexibility index (Phi) is 7.33. The van der Waals surface area contributed by atoms with Crippen molar-refractivity contribution in [2.24, 2.45) is 0 Å². The fraction of sp³-hybridized carbons (Fsp3) is 0.130. The zero-order chi connectivity index (χ0) is 21.5. The molecule has 3 rings (SSSR count). The van der Waals surface area contributed by atoms with Crippen LogP contribution in [-0.4, -0.2) is 24.9 Å². The second kappa shape index (κ2) is 10.1. The molecule has 0 atom stereocenters. The summed E-state index contributed by atoms with van der Waals surface area (Å²) in [6.07, 6.45) is 0. The van der Waals surface area contributed by atoms with Gasteiger partial charge in [0.25, 0.3) is 5.91 Å². The zero-order valence-corrected chi connectivity index (χ0v) is 17.9. The topological polar surface area (TPSA) is 61.4 Å². The Hall–Kier alpha value is -3.02. The maximum absolute atomic E-state index is 12.8. The zero-order valence-electron chi connectivity index (χ0n) is 16.4. The van der Waals surface area contributed by atoms with Crippen molar-refractivity contribution < 1.29 is 9.59 Å². The number of benzene rings is 3. The quantitative estimate of drug-likeness (QED) is 0.493. The minimum atomic E-state index is -0.246. The molecule has 0 fully saturated rings. The highest BCUT2D eigenvalue weighted by atomic mass is 35.5. The molecule has 3 aromatic rings. The lowest BCUT2D eigenvalue weighted by atomic mass is 10.1. The van der Waals surface area contributed by atoms with Crippen molar-refractivity contribution in [3.05, 3.63) is 88.4 Å². The van der Waals surface area contributed by atoms with Crippen LogP contribution in [0.2, 0.25) is 10.0 Å². The fourth-order valence-electron chi connectivity index (χ4n) is 2.92. The Morgan fingerprint density at radius 1 is 0.900 bits per heavy atom. The lowest BCUT2D eigenvalue weighted by Crippen LogP contribution is -2.30. The van der Waals surface area contributed by atoms with Gasteiger partial charge in [0.2, 0.25) is 5.91 Å². The van der Waals surface area contributed by atoms with Crippen molar-refractivity contribution in [3.63, 3.8) is 0 Å². The van der Waals surface area contributed by atoms with E-state index >= 15 is 0 Å². The van der Waals surface area contributed by atoms with Gasteiger partial charge in [0.05, 0.1) is 22.3 Å². The van der Waals surface area contributed by atoms with E-state index in [0.717, 1.165) is 5.69 Å². The highest BCUT2D eigenvalue weighted by Gasteiger charge is 2.16. The van der Waals surface area contributed by atoms with Crippen molar-refractivity contribution in [2.75, 3.05) is 28.6 Å². The summed E-state index contributed by atoms with van der Waals surface area (Å²) in [5.41, 5.74) is 2.56. The molecule has 0 unspecified atom stereocenters. The van der Waals surface area contributed by atoms with Crippen molar-refractivity contribution in [1.82, 2.24) is 0 Å². The minimum Gasteiger partial charge on any atom is -0.375 e. The van der Waals surface area contributed by atoms with Crippen molar-refractivity contribution in [2.45, 2.75) is 6.92 Å². The number of anilines is 3. The van der Waals surface area contributed by atoms with E-state index in [-0.39, 0.29) is 18.4 Å². The maximum atomic E-state index is 12.8. The van der Waals surface area contributed by atoms with Crippen molar-refractivity contribution in [1.29, 1.82) is 0 Å². The summed E-state index contributed by atoms with van der Waals surface area (Å²) < 4.78 is 0. The van der Waals surface area contributed by atoms with Gasteiger partial charge in [-0.25, -0.2) is 0 Å². The first-order chi connectivity index (χ1) is 14.5. The normalized spacial score (nSPS) is 10.4. The number of nitrogens with zero attached hydrogens (tertiary/aromatic N) is 1. The fourth-order valence-corrected chi connectivity index (χ4v) is 3.29. The summed E-state index contributed by atoms with van der Waals surface area (Å²) in [7, 11) is 0. The van der Waals surface area contributed by atoms with Crippen LogP contribution >= 0.6 is 23.2 Å². The summed E-state index contributed by atoms with van der Waals surface area (Å²) in [5, 5.41) is 6.52. The molecule has 5 nitrogen and oxygen atoms in total. The smallest absolute Gasteiger partial charge is 0.258 e. The van der Waals surface area contributed by atoms with Crippen LogP contribution in [0.1, 0.15) is 17.3 Å². The average Bonchev–Trinajstić information content (AvgIpc) is 2.76. The van der Waals surface area contributed by atoms with Crippen LogP contribution in [0, 0.1) is 0 Å². The van der Waals surface area contributed by atoms with Crippen LogP contribution in [0.25, 0.3) is 0 Å². The predicted octanol–water partition coefficient (Wildman–Crippen LogP) is 5.71. The van der Waals surface area contributed by atoms with Gasteiger partial charge in [0.1, 0.15) is 0 Å². The summed E-state index contributed by atoms with van der Waals surface area (Å²) >= 11 is 12.1. The van der Waals surface area contributed by atoms with Gasteiger partial charge in [-0.3, -0.25) is 9.59 Å². The van der Waals surface area contributed by atoms with Crippen LogP contribution in [0.4, 0.5) is 17.1 Å². The summed E-state index contributed by atoms with van der Waals surface area (Å²) in [6, 6.07) is 21.5. The van der Waals surface area contributed by atoms with E-state index in [2.05, 4.69) is 10.6 Å². The standard InChI is InChI=1S/C23H21Cl2N3O2/c1-2-28(18-7-4-3-5-8-18)23(30)16-11-13-17(14-12-16)27-21(29)15-26-20-10-6-9-19(24)22(20)25/h3-14,26H,2,15H2,1H3,(H,27,29). The maximum Gasteiger partial charge on any atom is 0.258 e. The molecule has 0 saturated carbocycles. The number of nitrogens with one attached hydrogen (secondary N) is 2. The van der Waals surface area contributed by atoms with Crippen LogP contribution in [0.15, 0.2) is 72.8 Å². The third kappa shape index (κ3) is 5.32. The number of amides is 2. The third-order valence-corrected chi connectivity index (χ3v) is 5.25. The third-order valence-electron chi connectivity index (χ3n) is 4.44. The number of rotatable bonds is 7. The molecule has 0 heterocycles. The predicted molar refractivity (Wildman–Crippen MR) is 124 cm³/mol. The average molecular weight is 442 g/mol. The summed E-state index contributed by atoms with van der Waals surface area (Å²) in [6.45, 7) is 2.51. The molecule has 154 valence electrons. The molecule has 0 bridgehead atoms. The molecule has 0 saturated heterocycles. The lowest BCUT2D eigenvalue weighted by molar-refractivity contribution is -0.114. The summed E-state index contributed by atoms with van der Waals surface area (Å²) in [4.78, 5) is 26.8. The number of para-hydroxylation sites is 1. The van der Waals surface area contributed by atoms with E-state index in [9.17, 15) is 9.59 Å². The van der Waals surface area contributed by atoms with Crippen molar-refractivity contribution in [3.8, 4) is 0 Å². The Morgan fingerprint density at radius 3 is 2.27 bits per heavy atom. The van der Waals surface area contributed by atoms with E-state index in [4.69, 9.17) is 23.2 Å². The molecule has 30 heavy (non-hydrogen) atoms. The Bertz CT molecular complexity index is 1020. The first kappa shape index (κ1) is 21.7. The number of carbonyl (C=O) groups excluding carboxylic acids is 2. The molecule has 2 N–H and O–H groups in total. The lowest BCUT2D eigenvalue weighted by Gasteiger charge is -2.21. The van der Waals surface area contributed by atoms with Crippen LogP contribution in [0.3, 0.4) is 0 Å². The van der Waals surface area contributed by atoms with Gasteiger partial charge in [-0.15, -0.1) is 0 Å². The molecular formula is C23H21Cl2N3O2. The van der Waals surface area contributed by atoms with Gasteiger partial charge < -0.3 is 15.5 Å². The molecule has 2 amide bonds. The molecule has 0 radical (unpaired) electrons. The minimum absolute atomic E-state index is 0.0262. The van der Waals surface area contributed by atoms with Gasteiger partial charge in [-0.1, -0.05) is 47.5 Å². The van der Waals surface area contributed by atoms with E-state index in [1.165, 1.54) is 0 Å². The van der Waals surface area contributed by atoms with Crippen LogP contribution in [-0.2, 0) is 4.79 Å². The molecule has 0 aliphatic heterocycles. The molecule has 3 aromatic carbocycles. The number of hydrogen-bond donors (Lipinski definition) is 2. The monoisotopic (exact) mass is 441 g/mol. The van der Waals surface area contributed by atoms with Gasteiger partial charge in [0.15, 0.2) is 0 Å². The highest BCUT2D eigenvalue weighted by Crippen LogP contribution is 2.29. The molecule has 0 spiro atoms. The molecule has 0 aliphatic carbocycles. The van der Waals surface area contributed by atoms with Gasteiger partial charge in [0, 0.05) is 23.5 Å². The number of halogens is 2. The van der Waals surface area contributed by atoms with E-state index < -0.39 is 0 Å². The highest BCUT2D eigenvalue weighted by molar-refractivity contribution is 6.43. The van der Waals surface area contributed by atoms with E-state index in [1.54, 1.807) is 47.4 Å². The number of hydrogen-bond acceptors (Lipinski definition) is 3. The van der Waals surface area contributed by atoms with Crippen LogP contribution < -0.4 is 15.5 Å².